The molecule has 0 radical (unpaired) electrons. The third-order valence-electron chi connectivity index (χ3n) is 2.24. The van der Waals surface area contributed by atoms with Crippen LogP contribution >= 0.6 is 27.5 Å². The molecule has 0 bridgehead atoms. The van der Waals surface area contributed by atoms with Gasteiger partial charge in [0, 0.05) is 9.50 Å². The highest BCUT2D eigenvalue weighted by Crippen LogP contribution is 2.31. The third-order valence-corrected chi connectivity index (χ3v) is 3.13. The Kier molecular flexibility index (Phi) is 4.30. The van der Waals surface area contributed by atoms with Crippen LogP contribution in [0.3, 0.4) is 0 Å². The van der Waals surface area contributed by atoms with Crippen molar-refractivity contribution in [3.63, 3.8) is 0 Å². The molecule has 1 aromatic carbocycles. The number of rotatable bonds is 2. The van der Waals surface area contributed by atoms with Gasteiger partial charge in [-0.15, -0.1) is 0 Å². The smallest absolute Gasteiger partial charge is 0.323 e. The first-order valence-corrected chi connectivity index (χ1v) is 5.85. The van der Waals surface area contributed by atoms with E-state index in [0.717, 1.165) is 0 Å². The molecule has 1 atom stereocenters. The second-order valence-electron chi connectivity index (χ2n) is 3.78. The molecule has 1 aromatic rings. The van der Waals surface area contributed by atoms with Gasteiger partial charge in [-0.25, -0.2) is 0 Å². The van der Waals surface area contributed by atoms with Gasteiger partial charge in [0.05, 0.1) is 5.69 Å². The number of hydrogen-bond donors (Lipinski definition) is 2. The van der Waals surface area contributed by atoms with E-state index in [1.165, 1.54) is 18.2 Å². The lowest BCUT2D eigenvalue weighted by molar-refractivity contribution is -0.184. The van der Waals surface area contributed by atoms with Crippen LogP contribution in [0.5, 0.6) is 0 Å². The lowest BCUT2D eigenvalue weighted by Crippen LogP contribution is -2.59. The molecule has 8 heteroatoms. The van der Waals surface area contributed by atoms with E-state index in [9.17, 15) is 18.0 Å². The van der Waals surface area contributed by atoms with Crippen molar-refractivity contribution in [2.75, 3.05) is 5.32 Å². The van der Waals surface area contributed by atoms with Gasteiger partial charge in [0.1, 0.15) is 0 Å². The summed E-state index contributed by atoms with van der Waals surface area (Å²) in [7, 11) is 0. The summed E-state index contributed by atoms with van der Waals surface area (Å²) in [4.78, 5) is 11.5. The predicted octanol–water partition coefficient (Wildman–Crippen LogP) is 3.32. The molecule has 0 heterocycles. The van der Waals surface area contributed by atoms with Crippen LogP contribution in [0.15, 0.2) is 22.7 Å². The fourth-order valence-electron chi connectivity index (χ4n) is 0.972. The van der Waals surface area contributed by atoms with Crippen molar-refractivity contribution in [1.82, 2.24) is 0 Å². The maximum absolute atomic E-state index is 12.5. The molecule has 0 aliphatic rings. The minimum absolute atomic E-state index is 0.158. The number of carbonyl (C=O) groups is 1. The van der Waals surface area contributed by atoms with Gasteiger partial charge >= 0.3 is 6.18 Å². The number of benzene rings is 1. The highest BCUT2D eigenvalue weighted by atomic mass is 79.9. The van der Waals surface area contributed by atoms with Crippen LogP contribution in [-0.4, -0.2) is 17.6 Å². The molecule has 0 saturated carbocycles. The minimum atomic E-state index is -4.84. The van der Waals surface area contributed by atoms with Crippen LogP contribution in [-0.2, 0) is 4.79 Å². The van der Waals surface area contributed by atoms with Crippen LogP contribution < -0.4 is 11.1 Å². The molecular weight excluding hydrogens is 336 g/mol. The van der Waals surface area contributed by atoms with Gasteiger partial charge in [-0.2, -0.15) is 13.2 Å². The van der Waals surface area contributed by atoms with E-state index in [-0.39, 0.29) is 5.69 Å². The molecule has 1 rings (SSSR count). The SMILES string of the molecule is CC(N)(C(=O)Nc1ccc(Cl)cc1Br)C(F)(F)F. The second-order valence-corrected chi connectivity index (χ2v) is 5.07. The van der Waals surface area contributed by atoms with Crippen LogP contribution in [0, 0.1) is 0 Å². The molecule has 100 valence electrons. The number of alkyl halides is 3. The van der Waals surface area contributed by atoms with Gasteiger partial charge in [0.2, 0.25) is 0 Å². The van der Waals surface area contributed by atoms with E-state index in [2.05, 4.69) is 21.2 Å². The normalized spacial score (nSPS) is 15.1. The Labute approximate surface area is 115 Å². The summed E-state index contributed by atoms with van der Waals surface area (Å²) in [5.41, 5.74) is 2.18. The van der Waals surface area contributed by atoms with E-state index in [1.54, 1.807) is 0 Å². The monoisotopic (exact) mass is 344 g/mol. The number of carbonyl (C=O) groups excluding carboxylic acids is 1. The summed E-state index contributed by atoms with van der Waals surface area (Å²) >= 11 is 8.74. The lowest BCUT2D eigenvalue weighted by atomic mass is 10.0. The van der Waals surface area contributed by atoms with Crippen LogP contribution in [0.1, 0.15) is 6.92 Å². The number of anilines is 1. The molecule has 0 aliphatic heterocycles. The zero-order valence-corrected chi connectivity index (χ0v) is 11.4. The first kappa shape index (κ1) is 15.3. The van der Waals surface area contributed by atoms with Crippen molar-refractivity contribution in [3.05, 3.63) is 27.7 Å². The molecule has 0 aliphatic carbocycles. The molecule has 1 unspecified atom stereocenters. The summed E-state index contributed by atoms with van der Waals surface area (Å²) < 4.78 is 38.0. The Hall–Kier alpha value is -0.790. The number of amides is 1. The first-order chi connectivity index (χ1) is 8.05. The van der Waals surface area contributed by atoms with E-state index in [1.807, 2.05) is 0 Å². The van der Waals surface area contributed by atoms with Crippen molar-refractivity contribution in [3.8, 4) is 0 Å². The Morgan fingerprint density at radius 3 is 2.44 bits per heavy atom. The minimum Gasteiger partial charge on any atom is -0.323 e. The molecule has 18 heavy (non-hydrogen) atoms. The van der Waals surface area contributed by atoms with Crippen LogP contribution in [0.2, 0.25) is 5.02 Å². The van der Waals surface area contributed by atoms with Crippen LogP contribution in [0.4, 0.5) is 18.9 Å². The maximum Gasteiger partial charge on any atom is 0.415 e. The zero-order chi connectivity index (χ0) is 14.1. The van der Waals surface area contributed by atoms with Gasteiger partial charge in [0.15, 0.2) is 5.54 Å². The summed E-state index contributed by atoms with van der Waals surface area (Å²) in [6.45, 7) is 0.603. The summed E-state index contributed by atoms with van der Waals surface area (Å²) in [5, 5.41) is 2.48. The van der Waals surface area contributed by atoms with Gasteiger partial charge in [-0.1, -0.05) is 11.6 Å². The number of hydrogen-bond acceptors (Lipinski definition) is 2. The molecule has 0 spiro atoms. The quantitative estimate of drug-likeness (QED) is 0.864. The van der Waals surface area contributed by atoms with Crippen molar-refractivity contribution in [2.45, 2.75) is 18.6 Å². The van der Waals surface area contributed by atoms with Gasteiger partial charge in [-0.05, 0) is 41.1 Å². The largest absolute Gasteiger partial charge is 0.415 e. The van der Waals surface area contributed by atoms with E-state index >= 15 is 0 Å². The molecular formula is C10H9BrClF3N2O. The summed E-state index contributed by atoms with van der Waals surface area (Å²) in [6.07, 6.45) is -4.84. The molecule has 1 amide bonds. The fraction of sp³-hybridized carbons (Fsp3) is 0.300. The first-order valence-electron chi connectivity index (χ1n) is 4.68. The summed E-state index contributed by atoms with van der Waals surface area (Å²) in [6, 6.07) is 4.25. The van der Waals surface area contributed by atoms with E-state index in [4.69, 9.17) is 17.3 Å². The topological polar surface area (TPSA) is 55.1 Å². The average molecular weight is 346 g/mol. The average Bonchev–Trinajstić information content (AvgIpc) is 2.20. The fourth-order valence-corrected chi connectivity index (χ4v) is 1.75. The molecule has 3 N–H and O–H groups in total. The molecule has 0 saturated heterocycles. The Morgan fingerprint density at radius 1 is 1.44 bits per heavy atom. The highest BCUT2D eigenvalue weighted by molar-refractivity contribution is 9.10. The highest BCUT2D eigenvalue weighted by Gasteiger charge is 2.54. The number of nitrogens with one attached hydrogen (secondary N) is 1. The van der Waals surface area contributed by atoms with Crippen LogP contribution in [0.25, 0.3) is 0 Å². The molecule has 3 nitrogen and oxygen atoms in total. The Morgan fingerprint density at radius 2 is 2.00 bits per heavy atom. The van der Waals surface area contributed by atoms with Crippen molar-refractivity contribution < 1.29 is 18.0 Å². The summed E-state index contributed by atoms with van der Waals surface area (Å²) in [5.74, 6) is -1.35. The van der Waals surface area contributed by atoms with Crippen molar-refractivity contribution >= 4 is 39.1 Å². The molecule has 0 aromatic heterocycles. The zero-order valence-electron chi connectivity index (χ0n) is 9.11. The molecule has 0 fully saturated rings. The van der Waals surface area contributed by atoms with Crippen molar-refractivity contribution in [1.29, 1.82) is 0 Å². The maximum atomic E-state index is 12.5. The number of halogens is 5. The number of nitrogens with two attached hydrogens (primary N) is 1. The standard InChI is InChI=1S/C10H9BrClF3N2O/c1-9(16,10(13,14)15)8(18)17-7-3-2-5(12)4-6(7)11/h2-4H,16H2,1H3,(H,17,18). The Balaban J connectivity index is 2.95. The predicted molar refractivity (Wildman–Crippen MR) is 66.4 cm³/mol. The third kappa shape index (κ3) is 3.15. The van der Waals surface area contributed by atoms with Gasteiger partial charge in [0.25, 0.3) is 5.91 Å². The Bertz CT molecular complexity index is 477. The van der Waals surface area contributed by atoms with E-state index < -0.39 is 17.6 Å². The lowest BCUT2D eigenvalue weighted by Gasteiger charge is -2.26. The second kappa shape index (κ2) is 5.07. The van der Waals surface area contributed by atoms with Gasteiger partial charge in [-0.3, -0.25) is 4.79 Å². The van der Waals surface area contributed by atoms with E-state index in [0.29, 0.717) is 16.4 Å². The van der Waals surface area contributed by atoms with Gasteiger partial charge < -0.3 is 11.1 Å². The van der Waals surface area contributed by atoms with Crippen molar-refractivity contribution in [2.24, 2.45) is 5.73 Å².